The Bertz CT molecular complexity index is 280. The van der Waals surface area contributed by atoms with Crippen LogP contribution in [0.5, 0.6) is 0 Å². The van der Waals surface area contributed by atoms with Gasteiger partial charge in [-0.15, -0.1) is 12.4 Å². The standard InChI is InChI=1S/C16H30N2O.ClH/c1-2-13-4-3-5-15(12-13)18-16(19)7-6-14-8-10-17-11-9-14;/h13-15,17H,2-12H2,1H3,(H,18,19);1H. The summed E-state index contributed by atoms with van der Waals surface area (Å²) in [6.07, 6.45) is 10.6. The van der Waals surface area contributed by atoms with Crippen LogP contribution in [0.2, 0.25) is 0 Å². The van der Waals surface area contributed by atoms with Crippen LogP contribution in [0.3, 0.4) is 0 Å². The molecule has 4 heteroatoms. The zero-order valence-corrected chi connectivity index (χ0v) is 13.6. The number of amides is 1. The van der Waals surface area contributed by atoms with Crippen molar-refractivity contribution in [1.82, 2.24) is 10.6 Å². The highest BCUT2D eigenvalue weighted by atomic mass is 35.5. The highest BCUT2D eigenvalue weighted by Gasteiger charge is 2.22. The van der Waals surface area contributed by atoms with Gasteiger partial charge in [-0.05, 0) is 57.0 Å². The Labute approximate surface area is 130 Å². The lowest BCUT2D eigenvalue weighted by molar-refractivity contribution is -0.122. The average molecular weight is 303 g/mol. The fourth-order valence-electron chi connectivity index (χ4n) is 3.60. The first-order chi connectivity index (χ1) is 9.28. The van der Waals surface area contributed by atoms with Crippen LogP contribution >= 0.6 is 12.4 Å². The van der Waals surface area contributed by atoms with Crippen LogP contribution in [0.15, 0.2) is 0 Å². The first kappa shape index (κ1) is 17.8. The van der Waals surface area contributed by atoms with Gasteiger partial charge in [0.1, 0.15) is 0 Å². The lowest BCUT2D eigenvalue weighted by Crippen LogP contribution is -2.38. The van der Waals surface area contributed by atoms with Crippen molar-refractivity contribution in [1.29, 1.82) is 0 Å². The van der Waals surface area contributed by atoms with Gasteiger partial charge >= 0.3 is 0 Å². The van der Waals surface area contributed by atoms with Gasteiger partial charge in [0.15, 0.2) is 0 Å². The molecule has 2 aliphatic rings. The molecule has 1 saturated heterocycles. The number of halogens is 1. The molecular formula is C16H31ClN2O. The SMILES string of the molecule is CCC1CCCC(NC(=O)CCC2CCNCC2)C1.Cl. The number of carbonyl (C=O) groups excluding carboxylic acids is 1. The van der Waals surface area contributed by atoms with Gasteiger partial charge in [-0.2, -0.15) is 0 Å². The van der Waals surface area contributed by atoms with Gasteiger partial charge in [-0.25, -0.2) is 0 Å². The second-order valence-electron chi connectivity index (χ2n) is 6.44. The normalized spacial score (nSPS) is 27.6. The molecule has 1 saturated carbocycles. The molecule has 2 fully saturated rings. The lowest BCUT2D eigenvalue weighted by atomic mass is 9.84. The van der Waals surface area contributed by atoms with Crippen molar-refractivity contribution < 1.29 is 4.79 Å². The van der Waals surface area contributed by atoms with Crippen molar-refractivity contribution in [3.8, 4) is 0 Å². The fraction of sp³-hybridized carbons (Fsp3) is 0.938. The molecule has 0 aromatic carbocycles. The lowest BCUT2D eigenvalue weighted by Gasteiger charge is -2.29. The molecule has 0 bridgehead atoms. The number of rotatable bonds is 5. The Hall–Kier alpha value is -0.280. The van der Waals surface area contributed by atoms with Crippen LogP contribution in [0.4, 0.5) is 0 Å². The number of nitrogens with one attached hydrogen (secondary N) is 2. The summed E-state index contributed by atoms with van der Waals surface area (Å²) in [6, 6.07) is 0.458. The van der Waals surface area contributed by atoms with Crippen molar-refractivity contribution in [2.24, 2.45) is 11.8 Å². The van der Waals surface area contributed by atoms with E-state index < -0.39 is 0 Å². The van der Waals surface area contributed by atoms with Crippen molar-refractivity contribution in [2.45, 2.75) is 70.8 Å². The summed E-state index contributed by atoms with van der Waals surface area (Å²) in [5.41, 5.74) is 0. The molecule has 3 nitrogen and oxygen atoms in total. The van der Waals surface area contributed by atoms with E-state index in [0.717, 1.165) is 37.8 Å². The topological polar surface area (TPSA) is 41.1 Å². The summed E-state index contributed by atoms with van der Waals surface area (Å²) in [7, 11) is 0. The van der Waals surface area contributed by atoms with Crippen LogP contribution in [0.25, 0.3) is 0 Å². The maximum absolute atomic E-state index is 12.0. The molecule has 2 rings (SSSR count). The third kappa shape index (κ3) is 6.01. The van der Waals surface area contributed by atoms with E-state index in [1.165, 1.54) is 44.9 Å². The van der Waals surface area contributed by atoms with Crippen molar-refractivity contribution in [3.63, 3.8) is 0 Å². The molecule has 0 aromatic rings. The molecule has 2 atom stereocenters. The van der Waals surface area contributed by atoms with Crippen LogP contribution in [-0.2, 0) is 4.79 Å². The molecule has 118 valence electrons. The van der Waals surface area contributed by atoms with E-state index in [2.05, 4.69) is 17.6 Å². The third-order valence-electron chi connectivity index (χ3n) is 4.96. The molecular weight excluding hydrogens is 272 g/mol. The molecule has 0 aromatic heterocycles. The molecule has 1 aliphatic heterocycles. The molecule has 1 heterocycles. The number of hydrogen-bond acceptors (Lipinski definition) is 2. The zero-order valence-electron chi connectivity index (χ0n) is 12.8. The molecule has 2 unspecified atom stereocenters. The molecule has 0 spiro atoms. The van der Waals surface area contributed by atoms with E-state index in [1.807, 2.05) is 0 Å². The van der Waals surface area contributed by atoms with Crippen molar-refractivity contribution >= 4 is 18.3 Å². The predicted molar refractivity (Wildman–Crippen MR) is 86.3 cm³/mol. The highest BCUT2D eigenvalue weighted by molar-refractivity contribution is 5.85. The maximum atomic E-state index is 12.0. The summed E-state index contributed by atoms with van der Waals surface area (Å²) in [5.74, 6) is 1.89. The number of piperidine rings is 1. The molecule has 2 N–H and O–H groups in total. The fourth-order valence-corrected chi connectivity index (χ4v) is 3.60. The zero-order chi connectivity index (χ0) is 13.5. The molecule has 1 aliphatic carbocycles. The molecule has 1 amide bonds. The Balaban J connectivity index is 0.00000200. The summed E-state index contributed by atoms with van der Waals surface area (Å²) in [5, 5.41) is 6.65. The quantitative estimate of drug-likeness (QED) is 0.818. The Morgan fingerprint density at radius 2 is 1.90 bits per heavy atom. The first-order valence-electron chi connectivity index (χ1n) is 8.28. The monoisotopic (exact) mass is 302 g/mol. The van der Waals surface area contributed by atoms with Crippen molar-refractivity contribution in [3.05, 3.63) is 0 Å². The minimum Gasteiger partial charge on any atom is -0.353 e. The Morgan fingerprint density at radius 1 is 1.15 bits per heavy atom. The minimum absolute atomic E-state index is 0. The van der Waals surface area contributed by atoms with Crippen molar-refractivity contribution in [2.75, 3.05) is 13.1 Å². The maximum Gasteiger partial charge on any atom is 0.220 e. The van der Waals surface area contributed by atoms with E-state index in [-0.39, 0.29) is 12.4 Å². The highest BCUT2D eigenvalue weighted by Crippen LogP contribution is 2.26. The van der Waals surface area contributed by atoms with Gasteiger partial charge in [-0.3, -0.25) is 4.79 Å². The summed E-state index contributed by atoms with van der Waals surface area (Å²) in [6.45, 7) is 4.53. The number of carbonyl (C=O) groups is 1. The predicted octanol–water partition coefficient (Wildman–Crippen LogP) is 3.27. The molecule has 0 radical (unpaired) electrons. The van der Waals surface area contributed by atoms with Gasteiger partial charge in [0.25, 0.3) is 0 Å². The number of hydrogen-bond donors (Lipinski definition) is 2. The van der Waals surface area contributed by atoms with Crippen LogP contribution < -0.4 is 10.6 Å². The van der Waals surface area contributed by atoms with E-state index in [4.69, 9.17) is 0 Å². The second-order valence-corrected chi connectivity index (χ2v) is 6.44. The molecule has 20 heavy (non-hydrogen) atoms. The second kappa shape index (κ2) is 9.62. The Morgan fingerprint density at radius 3 is 2.60 bits per heavy atom. The van der Waals surface area contributed by atoms with Gasteiger partial charge in [0.2, 0.25) is 5.91 Å². The van der Waals surface area contributed by atoms with E-state index in [9.17, 15) is 4.79 Å². The van der Waals surface area contributed by atoms with Gasteiger partial charge in [0, 0.05) is 12.5 Å². The van der Waals surface area contributed by atoms with Crippen LogP contribution in [0, 0.1) is 11.8 Å². The van der Waals surface area contributed by atoms with Gasteiger partial charge in [-0.1, -0.05) is 26.2 Å². The average Bonchev–Trinajstić information content (AvgIpc) is 2.46. The van der Waals surface area contributed by atoms with Gasteiger partial charge < -0.3 is 10.6 Å². The Kier molecular flexibility index (Phi) is 8.55. The summed E-state index contributed by atoms with van der Waals surface area (Å²) >= 11 is 0. The van der Waals surface area contributed by atoms with E-state index in [0.29, 0.717) is 11.9 Å². The van der Waals surface area contributed by atoms with Gasteiger partial charge in [0.05, 0.1) is 0 Å². The minimum atomic E-state index is 0. The first-order valence-corrected chi connectivity index (χ1v) is 8.28. The third-order valence-corrected chi connectivity index (χ3v) is 4.96. The van der Waals surface area contributed by atoms with Crippen LogP contribution in [-0.4, -0.2) is 25.0 Å². The van der Waals surface area contributed by atoms with Crippen LogP contribution in [0.1, 0.15) is 64.7 Å². The largest absolute Gasteiger partial charge is 0.353 e. The van der Waals surface area contributed by atoms with E-state index in [1.54, 1.807) is 0 Å². The summed E-state index contributed by atoms with van der Waals surface area (Å²) < 4.78 is 0. The smallest absolute Gasteiger partial charge is 0.220 e. The summed E-state index contributed by atoms with van der Waals surface area (Å²) in [4.78, 5) is 12.0. The van der Waals surface area contributed by atoms with E-state index >= 15 is 0 Å².